The zero-order chi connectivity index (χ0) is 52.2. The van der Waals surface area contributed by atoms with E-state index in [-0.39, 0.29) is 17.7 Å². The molecule has 0 unspecified atom stereocenters. The van der Waals surface area contributed by atoms with Gasteiger partial charge in [0, 0.05) is 73.3 Å². The van der Waals surface area contributed by atoms with E-state index in [0.717, 1.165) is 33.2 Å². The van der Waals surface area contributed by atoms with E-state index in [2.05, 4.69) is 87.3 Å². The topological polar surface area (TPSA) is 330 Å². The lowest BCUT2D eigenvalue weighted by atomic mass is 10.2. The van der Waals surface area contributed by atoms with Crippen LogP contribution in [0, 0.1) is 0 Å². The molecule has 0 fully saturated rings. The zero-order valence-electron chi connectivity index (χ0n) is 40.9. The Hall–Kier alpha value is -10.0. The second-order valence-electron chi connectivity index (χ2n) is 16.5. The van der Waals surface area contributed by atoms with E-state index in [1.165, 1.54) is 51.5 Å². The van der Waals surface area contributed by atoms with Crippen LogP contribution in [0.5, 0.6) is 17.2 Å². The number of ether oxygens (including phenoxy) is 4. The van der Waals surface area contributed by atoms with E-state index in [4.69, 9.17) is 18.9 Å². The number of nitrogens with zero attached hydrogens (tertiary/aromatic N) is 10. The Morgan fingerprint density at radius 1 is 0.493 bits per heavy atom. The molecule has 376 valence electrons. The molecule has 73 heavy (non-hydrogen) atoms. The molecule has 0 bridgehead atoms. The minimum Gasteiger partial charge on any atom is -0.494 e. The number of amides is 3. The van der Waals surface area contributed by atoms with Crippen molar-refractivity contribution in [3.8, 4) is 17.2 Å². The average Bonchev–Trinajstić information content (AvgIpc) is 4.10. The van der Waals surface area contributed by atoms with Gasteiger partial charge in [0.05, 0.1) is 73.5 Å². The zero-order valence-corrected chi connectivity index (χ0v) is 40.9. The van der Waals surface area contributed by atoms with Gasteiger partial charge in [-0.15, -0.1) is 0 Å². The van der Waals surface area contributed by atoms with Gasteiger partial charge in [-0.3, -0.25) is 24.6 Å². The van der Waals surface area contributed by atoms with E-state index in [0.29, 0.717) is 68.7 Å². The van der Waals surface area contributed by atoms with Gasteiger partial charge in [0.1, 0.15) is 76.7 Å². The fraction of sp³-hybridized carbons (Fsp3) is 0.213. The van der Waals surface area contributed by atoms with Crippen molar-refractivity contribution in [2.45, 2.75) is 47.1 Å². The first-order chi connectivity index (χ1) is 35.0. The van der Waals surface area contributed by atoms with Crippen LogP contribution in [0.25, 0.3) is 32.7 Å². The molecule has 0 spiro atoms. The standard InChI is InChI=1S/C19H22N6O4.2C14H14N6O2/c1-11(26)23-16-8-17(21-10-20-16)24-13-6-12-9-22-25(14(12)7-15(13)28-5)18(27)29-19(2,3)4;2*1-8(21)18-13-5-14(16-7-15-13)19-11-3-9-6-17-20-10(9)4-12(11)22-2/h6-10H,1-5H3,(H2,20,21,23,24,26);2*3-7H,1-2H3,(H,17,20)(H2,15,16,18,19,21). The van der Waals surface area contributed by atoms with Gasteiger partial charge in [-0.25, -0.2) is 34.7 Å². The predicted octanol–water partition coefficient (Wildman–Crippen LogP) is 7.45. The molecule has 0 aliphatic heterocycles. The quantitative estimate of drug-likeness (QED) is 0.0589. The number of aromatic amines is 2. The Kier molecular flexibility index (Phi) is 15.8. The van der Waals surface area contributed by atoms with Crippen LogP contribution in [0.15, 0.2) is 92.2 Å². The third-order valence-corrected chi connectivity index (χ3v) is 9.68. The minimum absolute atomic E-state index is 0.193. The number of aromatic nitrogens is 12. The second kappa shape index (κ2) is 22.6. The lowest BCUT2D eigenvalue weighted by Crippen LogP contribution is -2.27. The molecular formula is C47H50N18O8. The number of methoxy groups -OCH3 is 3. The number of H-pyrrole nitrogens is 2. The van der Waals surface area contributed by atoms with Crippen LogP contribution in [0.4, 0.5) is 56.8 Å². The van der Waals surface area contributed by atoms with E-state index < -0.39 is 11.7 Å². The molecule has 8 N–H and O–H groups in total. The Morgan fingerprint density at radius 2 is 0.863 bits per heavy atom. The summed E-state index contributed by atoms with van der Waals surface area (Å²) in [6.07, 6.45) is 8.51. The van der Waals surface area contributed by atoms with Gasteiger partial charge < -0.3 is 50.8 Å². The fourth-order valence-corrected chi connectivity index (χ4v) is 6.69. The molecule has 9 aromatic rings. The maximum atomic E-state index is 12.4. The number of rotatable bonds is 12. The van der Waals surface area contributed by atoms with Crippen LogP contribution in [0.3, 0.4) is 0 Å². The molecule has 26 nitrogen and oxygen atoms in total. The number of carbonyl (C=O) groups is 4. The summed E-state index contributed by atoms with van der Waals surface area (Å²) < 4.78 is 22.8. The first kappa shape index (κ1) is 50.9. The molecule has 0 aliphatic rings. The Balaban J connectivity index is 0.000000163. The van der Waals surface area contributed by atoms with Crippen LogP contribution < -0.4 is 46.1 Å². The fourth-order valence-electron chi connectivity index (χ4n) is 6.69. The molecule has 0 radical (unpaired) electrons. The molecule has 6 aromatic heterocycles. The molecule has 0 saturated heterocycles. The van der Waals surface area contributed by atoms with Gasteiger partial charge in [0.15, 0.2) is 0 Å². The highest BCUT2D eigenvalue weighted by Gasteiger charge is 2.21. The lowest BCUT2D eigenvalue weighted by Gasteiger charge is -2.19. The number of hydrogen-bond donors (Lipinski definition) is 8. The summed E-state index contributed by atoms with van der Waals surface area (Å²) >= 11 is 0. The van der Waals surface area contributed by atoms with Gasteiger partial charge in [-0.05, 0) is 39.0 Å². The highest BCUT2D eigenvalue weighted by molar-refractivity contribution is 5.94. The largest absolute Gasteiger partial charge is 0.494 e. The first-order valence-corrected chi connectivity index (χ1v) is 21.9. The smallest absolute Gasteiger partial charge is 0.435 e. The normalized spacial score (nSPS) is 10.8. The Bertz CT molecular complexity index is 3300. The minimum atomic E-state index is -0.639. The summed E-state index contributed by atoms with van der Waals surface area (Å²) in [4.78, 5) is 70.1. The number of nitrogens with one attached hydrogen (secondary N) is 8. The summed E-state index contributed by atoms with van der Waals surface area (Å²) in [5, 5.41) is 37.7. The molecule has 0 aliphatic carbocycles. The Morgan fingerprint density at radius 3 is 1.23 bits per heavy atom. The predicted molar refractivity (Wildman–Crippen MR) is 272 cm³/mol. The van der Waals surface area contributed by atoms with Crippen molar-refractivity contribution in [2.24, 2.45) is 0 Å². The third kappa shape index (κ3) is 13.6. The average molecular weight is 995 g/mol. The summed E-state index contributed by atoms with van der Waals surface area (Å²) in [6, 6.07) is 15.8. The van der Waals surface area contributed by atoms with Crippen LogP contribution in [-0.2, 0) is 19.1 Å². The molecule has 3 aromatic carbocycles. The molecule has 9 rings (SSSR count). The maximum Gasteiger partial charge on any atom is 0.435 e. The molecular weight excluding hydrogens is 945 g/mol. The lowest BCUT2D eigenvalue weighted by molar-refractivity contribution is -0.115. The molecule has 0 atom stereocenters. The van der Waals surface area contributed by atoms with E-state index in [1.807, 2.05) is 24.3 Å². The van der Waals surface area contributed by atoms with E-state index in [1.54, 1.807) is 83.9 Å². The SMILES string of the molecule is COc1cc2[nH]ncc2cc1Nc1cc(NC(C)=O)ncn1.COc1cc2[nH]ncc2cc1Nc1cc(NC(C)=O)ncn1.COc1cc2c(cnn2C(=O)OC(C)(C)C)cc1Nc1cc(NC(C)=O)ncn1. The van der Waals surface area contributed by atoms with Gasteiger partial charge in [0.2, 0.25) is 17.7 Å². The summed E-state index contributed by atoms with van der Waals surface area (Å²) in [5.41, 5.74) is 3.75. The second-order valence-corrected chi connectivity index (χ2v) is 16.5. The number of anilines is 9. The van der Waals surface area contributed by atoms with Crippen LogP contribution in [-0.4, -0.2) is 111 Å². The molecule has 3 amide bonds. The van der Waals surface area contributed by atoms with Gasteiger partial charge in [0.25, 0.3) is 0 Å². The number of carbonyl (C=O) groups excluding carboxylic acids is 4. The van der Waals surface area contributed by atoms with Gasteiger partial charge >= 0.3 is 6.09 Å². The van der Waals surface area contributed by atoms with Crippen LogP contribution in [0.1, 0.15) is 41.5 Å². The van der Waals surface area contributed by atoms with E-state index >= 15 is 0 Å². The monoisotopic (exact) mass is 994 g/mol. The van der Waals surface area contributed by atoms with Crippen molar-refractivity contribution in [1.29, 1.82) is 0 Å². The van der Waals surface area contributed by atoms with Crippen molar-refractivity contribution < 1.29 is 38.1 Å². The molecule has 6 heterocycles. The van der Waals surface area contributed by atoms with Crippen molar-refractivity contribution in [1.82, 2.24) is 60.1 Å². The first-order valence-electron chi connectivity index (χ1n) is 21.9. The summed E-state index contributed by atoms with van der Waals surface area (Å²) in [5.74, 6) is 3.91. The van der Waals surface area contributed by atoms with Crippen molar-refractivity contribution in [3.05, 3.63) is 92.2 Å². The van der Waals surface area contributed by atoms with Crippen LogP contribution >= 0.6 is 0 Å². The maximum absolute atomic E-state index is 12.4. The summed E-state index contributed by atoms with van der Waals surface area (Å²) in [6.45, 7) is 9.60. The highest BCUT2D eigenvalue weighted by Crippen LogP contribution is 2.35. The number of benzene rings is 3. The van der Waals surface area contributed by atoms with Crippen molar-refractivity contribution in [3.63, 3.8) is 0 Å². The van der Waals surface area contributed by atoms with Gasteiger partial charge in [-0.2, -0.15) is 20.0 Å². The molecule has 26 heteroatoms. The van der Waals surface area contributed by atoms with Crippen molar-refractivity contribution in [2.75, 3.05) is 53.2 Å². The Labute approximate surface area is 415 Å². The highest BCUT2D eigenvalue weighted by atomic mass is 16.6. The van der Waals surface area contributed by atoms with E-state index in [9.17, 15) is 19.2 Å². The number of fused-ring (bicyclic) bond motifs is 3. The van der Waals surface area contributed by atoms with Gasteiger partial charge in [-0.1, -0.05) is 0 Å². The summed E-state index contributed by atoms with van der Waals surface area (Å²) in [7, 11) is 4.69. The van der Waals surface area contributed by atoms with Crippen molar-refractivity contribution >= 4 is 108 Å². The molecule has 0 saturated carbocycles. The van der Waals surface area contributed by atoms with Crippen LogP contribution in [0.2, 0.25) is 0 Å². The third-order valence-electron chi connectivity index (χ3n) is 9.68. The number of hydrogen-bond acceptors (Lipinski definition) is 20.